The Labute approximate surface area is 191 Å². The second-order valence-electron chi connectivity index (χ2n) is 8.47. The van der Waals surface area contributed by atoms with Crippen LogP contribution in [0.25, 0.3) is 10.2 Å². The van der Waals surface area contributed by atoms with Crippen molar-refractivity contribution in [1.82, 2.24) is 19.4 Å². The van der Waals surface area contributed by atoms with Gasteiger partial charge in [-0.3, -0.25) is 14.3 Å². The number of benzene rings is 1. The zero-order chi connectivity index (χ0) is 22.1. The number of hydrogen-bond donors (Lipinski definition) is 0. The van der Waals surface area contributed by atoms with Crippen LogP contribution in [-0.2, 0) is 24.1 Å². The lowest BCUT2D eigenvalue weighted by Crippen LogP contribution is -2.53. The molecule has 7 nitrogen and oxygen atoms in total. The highest BCUT2D eigenvalue weighted by Gasteiger charge is 2.31. The Morgan fingerprint density at radius 3 is 2.72 bits per heavy atom. The molecule has 0 bridgehead atoms. The first-order valence-corrected chi connectivity index (χ1v) is 12.1. The third-order valence-electron chi connectivity index (χ3n) is 6.56. The molecule has 5 rings (SSSR count). The first kappa shape index (κ1) is 21.2. The summed E-state index contributed by atoms with van der Waals surface area (Å²) in [6.45, 7) is 5.94. The zero-order valence-electron chi connectivity index (χ0n) is 18.3. The minimum Gasteiger partial charge on any atom is -0.450 e. The molecule has 0 saturated carbocycles. The largest absolute Gasteiger partial charge is 0.450 e. The van der Waals surface area contributed by atoms with Gasteiger partial charge in [0.05, 0.1) is 24.9 Å². The molecule has 0 spiro atoms. The predicted octanol–water partition coefficient (Wildman–Crippen LogP) is 3.14. The normalized spacial score (nSPS) is 19.2. The van der Waals surface area contributed by atoms with Gasteiger partial charge in [0.15, 0.2) is 0 Å². The van der Waals surface area contributed by atoms with Gasteiger partial charge >= 0.3 is 6.09 Å². The summed E-state index contributed by atoms with van der Waals surface area (Å²) in [7, 11) is 0. The Morgan fingerprint density at radius 2 is 1.97 bits per heavy atom. The Kier molecular flexibility index (Phi) is 5.97. The molecule has 3 heterocycles. The summed E-state index contributed by atoms with van der Waals surface area (Å²) in [4.78, 5) is 36.3. The molecule has 3 aromatic rings. The molecule has 1 atom stereocenters. The molecule has 2 aromatic heterocycles. The maximum absolute atomic E-state index is 13.3. The first-order valence-electron chi connectivity index (χ1n) is 11.3. The second-order valence-corrected chi connectivity index (χ2v) is 9.55. The first-order chi connectivity index (χ1) is 15.6. The molecule has 168 valence electrons. The minimum absolute atomic E-state index is 0.0675. The Bertz CT molecular complexity index is 1170. The Balaban J connectivity index is 1.32. The average molecular weight is 453 g/mol. The predicted molar refractivity (Wildman–Crippen MR) is 125 cm³/mol. The number of thiophene rings is 1. The number of carbonyl (C=O) groups is 1. The van der Waals surface area contributed by atoms with Gasteiger partial charge in [0, 0.05) is 37.1 Å². The van der Waals surface area contributed by atoms with Crippen LogP contribution in [0.4, 0.5) is 4.79 Å². The molecule has 1 aliphatic heterocycles. The number of amides is 1. The number of ether oxygens (including phenoxy) is 1. The van der Waals surface area contributed by atoms with Gasteiger partial charge in [-0.1, -0.05) is 30.3 Å². The molecule has 32 heavy (non-hydrogen) atoms. The van der Waals surface area contributed by atoms with E-state index in [1.54, 1.807) is 27.1 Å². The highest BCUT2D eigenvalue weighted by atomic mass is 32.1. The fourth-order valence-corrected chi connectivity index (χ4v) is 6.12. The van der Waals surface area contributed by atoms with Crippen molar-refractivity contribution >= 4 is 27.6 Å². The minimum atomic E-state index is -0.208. The van der Waals surface area contributed by atoms with Crippen molar-refractivity contribution in [1.29, 1.82) is 0 Å². The molecular weight excluding hydrogens is 424 g/mol. The van der Waals surface area contributed by atoms with Gasteiger partial charge in [0.2, 0.25) is 0 Å². The standard InChI is InChI=1S/C24H28N4O3S/c1-2-31-24(30)27-12-10-26(11-13-27)18-8-9-19-20(14-18)32-22-21(19)23(29)28(16-25-22)15-17-6-4-3-5-7-17/h3-7,16,18H,2,8-15H2,1H3. The highest BCUT2D eigenvalue weighted by Crippen LogP contribution is 2.35. The van der Waals surface area contributed by atoms with Crippen molar-refractivity contribution in [2.24, 2.45) is 0 Å². The van der Waals surface area contributed by atoms with Crippen LogP contribution in [0.3, 0.4) is 0 Å². The van der Waals surface area contributed by atoms with E-state index in [1.165, 1.54) is 10.4 Å². The van der Waals surface area contributed by atoms with Crippen LogP contribution < -0.4 is 5.56 Å². The monoisotopic (exact) mass is 452 g/mol. The van der Waals surface area contributed by atoms with Crippen LogP contribution in [0, 0.1) is 0 Å². The molecule has 1 unspecified atom stereocenters. The van der Waals surface area contributed by atoms with Crippen molar-refractivity contribution in [3.63, 3.8) is 0 Å². The molecule has 1 amide bonds. The van der Waals surface area contributed by atoms with Gasteiger partial charge in [0.1, 0.15) is 4.83 Å². The Hall–Kier alpha value is -2.71. The van der Waals surface area contributed by atoms with E-state index in [-0.39, 0.29) is 11.7 Å². The van der Waals surface area contributed by atoms with Gasteiger partial charge in [-0.2, -0.15) is 0 Å². The fraction of sp³-hybridized carbons (Fsp3) is 0.458. The topological polar surface area (TPSA) is 67.7 Å². The van der Waals surface area contributed by atoms with E-state index in [2.05, 4.69) is 9.88 Å². The van der Waals surface area contributed by atoms with E-state index in [0.717, 1.165) is 48.1 Å². The lowest BCUT2D eigenvalue weighted by Gasteiger charge is -2.40. The third kappa shape index (κ3) is 4.04. The van der Waals surface area contributed by atoms with Gasteiger partial charge in [-0.05, 0) is 37.3 Å². The zero-order valence-corrected chi connectivity index (χ0v) is 19.1. The average Bonchev–Trinajstić information content (AvgIpc) is 3.20. The molecule has 1 saturated heterocycles. The second kappa shape index (κ2) is 9.03. The van der Waals surface area contributed by atoms with Crippen LogP contribution >= 0.6 is 11.3 Å². The molecule has 2 aliphatic rings. The summed E-state index contributed by atoms with van der Waals surface area (Å²) in [5.41, 5.74) is 2.37. The fourth-order valence-electron chi connectivity index (χ4n) is 4.87. The molecule has 0 radical (unpaired) electrons. The lowest BCUT2D eigenvalue weighted by molar-refractivity contribution is 0.0635. The summed E-state index contributed by atoms with van der Waals surface area (Å²) in [5.74, 6) is 0. The summed E-state index contributed by atoms with van der Waals surface area (Å²) < 4.78 is 6.86. The maximum Gasteiger partial charge on any atom is 0.409 e. The highest BCUT2D eigenvalue weighted by molar-refractivity contribution is 7.18. The van der Waals surface area contributed by atoms with Crippen LogP contribution in [0.2, 0.25) is 0 Å². The number of rotatable bonds is 4. The lowest BCUT2D eigenvalue weighted by atomic mass is 9.91. The van der Waals surface area contributed by atoms with E-state index in [4.69, 9.17) is 4.74 Å². The van der Waals surface area contributed by atoms with Crippen molar-refractivity contribution < 1.29 is 9.53 Å². The van der Waals surface area contributed by atoms with Crippen LogP contribution in [-0.4, -0.2) is 64.3 Å². The van der Waals surface area contributed by atoms with Crippen LogP contribution in [0.5, 0.6) is 0 Å². The van der Waals surface area contributed by atoms with Gasteiger partial charge < -0.3 is 9.64 Å². The van der Waals surface area contributed by atoms with E-state index in [0.29, 0.717) is 32.3 Å². The Morgan fingerprint density at radius 1 is 1.19 bits per heavy atom. The number of hydrogen-bond acceptors (Lipinski definition) is 6. The number of aryl methyl sites for hydroxylation is 1. The van der Waals surface area contributed by atoms with Crippen LogP contribution in [0.1, 0.15) is 29.3 Å². The van der Waals surface area contributed by atoms with E-state index in [1.807, 2.05) is 37.3 Å². The molecule has 8 heteroatoms. The van der Waals surface area contributed by atoms with Gasteiger partial charge in [-0.25, -0.2) is 9.78 Å². The summed E-state index contributed by atoms with van der Waals surface area (Å²) >= 11 is 1.67. The number of nitrogens with zero attached hydrogens (tertiary/aromatic N) is 4. The van der Waals surface area contributed by atoms with Crippen molar-refractivity contribution in [2.75, 3.05) is 32.8 Å². The molecule has 1 fully saturated rings. The maximum atomic E-state index is 13.3. The number of fused-ring (bicyclic) bond motifs is 3. The van der Waals surface area contributed by atoms with Crippen molar-refractivity contribution in [2.45, 2.75) is 38.8 Å². The van der Waals surface area contributed by atoms with Crippen molar-refractivity contribution in [3.05, 3.63) is 63.0 Å². The number of piperazine rings is 1. The molecule has 1 aromatic carbocycles. The van der Waals surface area contributed by atoms with Gasteiger partial charge in [-0.15, -0.1) is 11.3 Å². The van der Waals surface area contributed by atoms with Crippen LogP contribution in [0.15, 0.2) is 41.5 Å². The number of carbonyl (C=O) groups excluding carboxylic acids is 1. The third-order valence-corrected chi connectivity index (χ3v) is 7.72. The van der Waals surface area contributed by atoms with E-state index < -0.39 is 0 Å². The number of aromatic nitrogens is 2. The summed E-state index contributed by atoms with van der Waals surface area (Å²) in [6, 6.07) is 10.5. The summed E-state index contributed by atoms with van der Waals surface area (Å²) in [5, 5.41) is 0.814. The summed E-state index contributed by atoms with van der Waals surface area (Å²) in [6.07, 6.45) is 4.37. The molecular formula is C24H28N4O3S. The van der Waals surface area contributed by atoms with E-state index >= 15 is 0 Å². The smallest absolute Gasteiger partial charge is 0.409 e. The SMILES string of the molecule is CCOC(=O)N1CCN(C2CCc3c(sc4ncn(Cc5ccccc5)c(=O)c34)C2)CC1. The molecule has 1 aliphatic carbocycles. The molecule has 0 N–H and O–H groups in total. The van der Waals surface area contributed by atoms with Crippen molar-refractivity contribution in [3.8, 4) is 0 Å². The van der Waals surface area contributed by atoms with Gasteiger partial charge in [0.25, 0.3) is 5.56 Å². The quantitative estimate of drug-likeness (QED) is 0.608. The van der Waals surface area contributed by atoms with E-state index in [9.17, 15) is 9.59 Å².